The normalized spacial score (nSPS) is 14.3. The van der Waals surface area contributed by atoms with Gasteiger partial charge >= 0.3 is 11.6 Å². The number of fused-ring (bicyclic) bond motifs is 3. The molecule has 1 aromatic carbocycles. The molecule has 2 aromatic heterocycles. The van der Waals surface area contributed by atoms with E-state index in [1.54, 1.807) is 0 Å². The largest absolute Gasteiger partial charge is 0.461 e. The highest BCUT2D eigenvalue weighted by atomic mass is 32.2. The van der Waals surface area contributed by atoms with E-state index < -0.39 is 23.4 Å². The lowest BCUT2D eigenvalue weighted by Gasteiger charge is -2.12. The van der Waals surface area contributed by atoms with Crippen molar-refractivity contribution in [2.45, 2.75) is 38.9 Å². The molecule has 156 valence electrons. The number of imide groups is 1. The molecule has 1 fully saturated rings. The van der Waals surface area contributed by atoms with Gasteiger partial charge in [0.05, 0.1) is 11.8 Å². The van der Waals surface area contributed by atoms with Gasteiger partial charge in [0.1, 0.15) is 16.9 Å². The van der Waals surface area contributed by atoms with E-state index in [4.69, 9.17) is 13.7 Å². The quantitative estimate of drug-likeness (QED) is 0.333. The zero-order chi connectivity index (χ0) is 21.4. The van der Waals surface area contributed by atoms with Gasteiger partial charge in [-0.05, 0) is 31.5 Å². The zero-order valence-electron chi connectivity index (χ0n) is 16.5. The highest BCUT2D eigenvalue weighted by Crippen LogP contribution is 2.35. The van der Waals surface area contributed by atoms with E-state index in [2.05, 4.69) is 0 Å². The third-order valence-electron chi connectivity index (χ3n) is 4.97. The van der Waals surface area contributed by atoms with Crippen LogP contribution in [-0.2, 0) is 25.0 Å². The molecule has 9 heteroatoms. The lowest BCUT2D eigenvalue weighted by Crippen LogP contribution is -2.32. The lowest BCUT2D eigenvalue weighted by molar-refractivity contribution is -0.197. The minimum absolute atomic E-state index is 0.0471. The summed E-state index contributed by atoms with van der Waals surface area (Å²) in [4.78, 5) is 51.7. The van der Waals surface area contributed by atoms with Gasteiger partial charge in [0.25, 0.3) is 11.8 Å². The summed E-state index contributed by atoms with van der Waals surface area (Å²) in [5.41, 5.74) is 2.44. The van der Waals surface area contributed by atoms with Crippen LogP contribution in [0.5, 0.6) is 0 Å². The lowest BCUT2D eigenvalue weighted by atomic mass is 10.1. The number of aryl methyl sites for hydroxylation is 2. The second-order valence-electron chi connectivity index (χ2n) is 7.05. The molecule has 1 saturated heterocycles. The van der Waals surface area contributed by atoms with Crippen LogP contribution in [0.25, 0.3) is 21.9 Å². The van der Waals surface area contributed by atoms with E-state index in [1.165, 1.54) is 17.8 Å². The Kier molecular flexibility index (Phi) is 5.38. The average Bonchev–Trinajstić information content (AvgIpc) is 3.18. The number of amides is 2. The number of hydroxylamine groups is 2. The molecule has 2 amide bonds. The average molecular weight is 429 g/mol. The number of furan rings is 1. The first-order chi connectivity index (χ1) is 14.3. The highest BCUT2D eigenvalue weighted by molar-refractivity contribution is 7.98. The molecule has 4 rings (SSSR count). The molecule has 0 spiro atoms. The molecule has 3 aromatic rings. The maximum absolute atomic E-state index is 11.9. The van der Waals surface area contributed by atoms with E-state index in [-0.39, 0.29) is 19.3 Å². The number of carbonyl (C=O) groups excluding carboxylic acids is 3. The Morgan fingerprint density at radius 2 is 1.87 bits per heavy atom. The van der Waals surface area contributed by atoms with Gasteiger partial charge in [-0.15, -0.1) is 5.06 Å². The predicted octanol–water partition coefficient (Wildman–Crippen LogP) is 3.39. The van der Waals surface area contributed by atoms with Crippen molar-refractivity contribution in [2.24, 2.45) is 0 Å². The molecule has 0 aliphatic carbocycles. The first-order valence-corrected chi connectivity index (χ1v) is 10.6. The second-order valence-corrected chi connectivity index (χ2v) is 8.15. The molecular formula is C21H19NO7S. The highest BCUT2D eigenvalue weighted by Gasteiger charge is 2.32. The van der Waals surface area contributed by atoms with E-state index in [1.807, 2.05) is 26.0 Å². The molecule has 3 heterocycles. The summed E-state index contributed by atoms with van der Waals surface area (Å²) in [7, 11) is 0. The minimum atomic E-state index is -0.632. The molecule has 0 saturated carbocycles. The van der Waals surface area contributed by atoms with Gasteiger partial charge in [-0.25, -0.2) is 9.59 Å². The Bertz CT molecular complexity index is 1220. The molecule has 0 unspecified atom stereocenters. The van der Waals surface area contributed by atoms with Crippen LogP contribution < -0.4 is 5.63 Å². The molecule has 1 aliphatic rings. The van der Waals surface area contributed by atoms with Crippen LogP contribution in [0.15, 0.2) is 31.8 Å². The third kappa shape index (κ3) is 3.72. The molecule has 0 atom stereocenters. The van der Waals surface area contributed by atoms with Crippen molar-refractivity contribution in [1.29, 1.82) is 0 Å². The Hall–Kier alpha value is -3.07. The third-order valence-corrected chi connectivity index (χ3v) is 5.95. The van der Waals surface area contributed by atoms with Crippen molar-refractivity contribution in [1.82, 2.24) is 5.06 Å². The fourth-order valence-corrected chi connectivity index (χ4v) is 4.46. The summed E-state index contributed by atoms with van der Waals surface area (Å²) in [5, 5.41) is 2.16. The van der Waals surface area contributed by atoms with E-state index in [0.29, 0.717) is 33.5 Å². The molecule has 0 bridgehead atoms. The summed E-state index contributed by atoms with van der Waals surface area (Å²) < 4.78 is 11.3. The Morgan fingerprint density at radius 1 is 1.13 bits per heavy atom. The van der Waals surface area contributed by atoms with Gasteiger partial charge in [-0.3, -0.25) is 9.59 Å². The topological polar surface area (TPSA) is 107 Å². The predicted molar refractivity (Wildman–Crippen MR) is 110 cm³/mol. The molecule has 8 nitrogen and oxygen atoms in total. The van der Waals surface area contributed by atoms with E-state index in [0.717, 1.165) is 21.9 Å². The Morgan fingerprint density at radius 3 is 2.60 bits per heavy atom. The zero-order valence-corrected chi connectivity index (χ0v) is 17.3. The van der Waals surface area contributed by atoms with E-state index >= 15 is 0 Å². The van der Waals surface area contributed by atoms with Crippen molar-refractivity contribution >= 4 is 51.5 Å². The van der Waals surface area contributed by atoms with Crippen molar-refractivity contribution in [3.8, 4) is 0 Å². The van der Waals surface area contributed by atoms with Crippen molar-refractivity contribution in [3.63, 3.8) is 0 Å². The number of nitrogens with zero attached hydrogens (tertiary/aromatic N) is 1. The van der Waals surface area contributed by atoms with E-state index in [9.17, 15) is 19.2 Å². The van der Waals surface area contributed by atoms with Crippen LogP contribution in [0.2, 0.25) is 0 Å². The molecular weight excluding hydrogens is 410 g/mol. The van der Waals surface area contributed by atoms with Gasteiger partial charge < -0.3 is 13.7 Å². The van der Waals surface area contributed by atoms with Crippen molar-refractivity contribution < 1.29 is 28.1 Å². The standard InChI is InChI=1S/C21H19NO7S/c1-11-9-19(26)28-21-13(11)3-4-15-20(21)14(12(2)27-15)10-30-8-7-18(25)29-22-16(23)5-6-17(22)24/h3-4,9H,5-8,10H2,1-2H3. The number of benzene rings is 1. The number of hydrogen-bond acceptors (Lipinski definition) is 8. The molecule has 30 heavy (non-hydrogen) atoms. The molecule has 1 aliphatic heterocycles. The monoisotopic (exact) mass is 429 g/mol. The Balaban J connectivity index is 1.47. The molecule has 0 N–H and O–H groups in total. The van der Waals surface area contributed by atoms with Gasteiger partial charge in [0, 0.05) is 41.4 Å². The van der Waals surface area contributed by atoms with Gasteiger partial charge in [-0.2, -0.15) is 11.8 Å². The second kappa shape index (κ2) is 7.98. The summed E-state index contributed by atoms with van der Waals surface area (Å²) >= 11 is 1.48. The van der Waals surface area contributed by atoms with Crippen LogP contribution in [0.1, 0.15) is 36.1 Å². The maximum Gasteiger partial charge on any atom is 0.336 e. The summed E-state index contributed by atoms with van der Waals surface area (Å²) in [5.74, 6) is 0.0478. The summed E-state index contributed by atoms with van der Waals surface area (Å²) in [6, 6.07) is 5.18. The van der Waals surface area contributed by atoms with Crippen LogP contribution in [0.4, 0.5) is 0 Å². The molecule has 0 radical (unpaired) electrons. The fourth-order valence-electron chi connectivity index (χ4n) is 3.45. The fraction of sp³-hybridized carbons (Fsp3) is 0.333. The van der Waals surface area contributed by atoms with Crippen molar-refractivity contribution in [2.75, 3.05) is 5.75 Å². The SMILES string of the molecule is Cc1oc2ccc3c(C)cc(=O)oc3c2c1CSCCC(=O)ON1C(=O)CCC1=O. The van der Waals surface area contributed by atoms with Crippen molar-refractivity contribution in [3.05, 3.63) is 45.5 Å². The van der Waals surface area contributed by atoms with Crippen LogP contribution in [0, 0.1) is 13.8 Å². The smallest absolute Gasteiger partial charge is 0.336 e. The number of carbonyl (C=O) groups is 3. The summed E-state index contributed by atoms with van der Waals surface area (Å²) in [6.45, 7) is 3.70. The maximum atomic E-state index is 11.9. The minimum Gasteiger partial charge on any atom is -0.461 e. The number of hydrogen-bond donors (Lipinski definition) is 0. The van der Waals surface area contributed by atoms with Crippen LogP contribution in [-0.4, -0.2) is 28.6 Å². The van der Waals surface area contributed by atoms with Gasteiger partial charge in [0.15, 0.2) is 0 Å². The van der Waals surface area contributed by atoms with Crippen LogP contribution in [0.3, 0.4) is 0 Å². The van der Waals surface area contributed by atoms with Gasteiger partial charge in [0.2, 0.25) is 0 Å². The number of thioether (sulfide) groups is 1. The van der Waals surface area contributed by atoms with Crippen LogP contribution >= 0.6 is 11.8 Å². The summed E-state index contributed by atoms with van der Waals surface area (Å²) in [6.07, 6.45) is 0.181. The number of rotatable bonds is 6. The Labute approximate surface area is 175 Å². The first-order valence-electron chi connectivity index (χ1n) is 9.45. The first kappa shape index (κ1) is 20.2. The van der Waals surface area contributed by atoms with Gasteiger partial charge in [-0.1, -0.05) is 0 Å².